The number of nitrogens with zero attached hydrogens (tertiary/aromatic N) is 1. The second kappa shape index (κ2) is 4.36. The summed E-state index contributed by atoms with van der Waals surface area (Å²) in [5.41, 5.74) is 1.07. The minimum absolute atomic E-state index is 0.0440. The number of thioether (sulfide) groups is 1. The molecule has 2 aliphatic rings. The molecular weight excluding hydrogens is 282 g/mol. The van der Waals surface area contributed by atoms with Crippen LogP contribution in [0.2, 0.25) is 0 Å². The van der Waals surface area contributed by atoms with E-state index in [1.165, 1.54) is 11.8 Å². The van der Waals surface area contributed by atoms with Gasteiger partial charge in [-0.3, -0.25) is 20.2 Å². The zero-order valence-corrected chi connectivity index (χ0v) is 11.5. The zero-order chi connectivity index (χ0) is 13.6. The van der Waals surface area contributed by atoms with Gasteiger partial charge >= 0.3 is 0 Å². The molecule has 0 bridgehead atoms. The minimum atomic E-state index is -0.462. The monoisotopic (exact) mass is 291 g/mol. The van der Waals surface area contributed by atoms with E-state index in [2.05, 4.69) is 10.6 Å². The Labute approximate surface area is 119 Å². The summed E-state index contributed by atoms with van der Waals surface area (Å²) in [5, 5.41) is 5.55. The number of para-hydroxylation sites is 1. The molecule has 2 aliphatic heterocycles. The fraction of sp³-hybridized carbons (Fsp3) is 0.0833. The molecule has 0 unspecified atom stereocenters. The third kappa shape index (κ3) is 1.91. The molecule has 0 aliphatic carbocycles. The van der Waals surface area contributed by atoms with Crippen molar-refractivity contribution in [1.29, 1.82) is 0 Å². The zero-order valence-electron chi connectivity index (χ0n) is 9.89. The Balaban J connectivity index is 2.08. The molecule has 1 aromatic rings. The van der Waals surface area contributed by atoms with Gasteiger partial charge in [-0.25, -0.2) is 0 Å². The Kier molecular flexibility index (Phi) is 2.79. The Bertz CT molecular complexity index is 632. The van der Waals surface area contributed by atoms with Crippen molar-refractivity contribution >= 4 is 46.6 Å². The van der Waals surface area contributed by atoms with Gasteiger partial charge in [0.1, 0.15) is 5.57 Å². The van der Waals surface area contributed by atoms with Crippen LogP contribution in [0.3, 0.4) is 0 Å². The summed E-state index contributed by atoms with van der Waals surface area (Å²) in [6, 6.07) is 7.73. The molecule has 1 fully saturated rings. The largest absolute Gasteiger partial charge is 0.337 e. The summed E-state index contributed by atoms with van der Waals surface area (Å²) < 4.78 is 0. The SMILES string of the molecule is CN1C(=C2C(=O)NC(=S)NC2=O)Sc2ccccc21. The fourth-order valence-corrected chi connectivity index (χ4v) is 3.35. The van der Waals surface area contributed by atoms with E-state index < -0.39 is 11.8 Å². The lowest BCUT2D eigenvalue weighted by atomic mass is 10.2. The number of rotatable bonds is 0. The number of anilines is 1. The number of amides is 2. The first-order valence-corrected chi connectivity index (χ1v) is 6.72. The van der Waals surface area contributed by atoms with E-state index in [0.717, 1.165) is 10.6 Å². The Hall–Kier alpha value is -1.86. The number of fused-ring (bicyclic) bond motifs is 1. The topological polar surface area (TPSA) is 61.4 Å². The van der Waals surface area contributed by atoms with Gasteiger partial charge in [-0.1, -0.05) is 23.9 Å². The molecule has 7 heteroatoms. The first-order valence-electron chi connectivity index (χ1n) is 5.49. The second-order valence-electron chi connectivity index (χ2n) is 4.05. The highest BCUT2D eigenvalue weighted by molar-refractivity contribution is 8.03. The van der Waals surface area contributed by atoms with Crippen molar-refractivity contribution in [1.82, 2.24) is 10.6 Å². The van der Waals surface area contributed by atoms with Crippen LogP contribution in [0, 0.1) is 0 Å². The van der Waals surface area contributed by atoms with Crippen molar-refractivity contribution in [2.24, 2.45) is 0 Å². The normalized spacial score (nSPS) is 18.4. The highest BCUT2D eigenvalue weighted by Crippen LogP contribution is 2.46. The maximum Gasteiger partial charge on any atom is 0.265 e. The second-order valence-corrected chi connectivity index (χ2v) is 5.49. The molecule has 2 heterocycles. The average Bonchev–Trinajstić information content (AvgIpc) is 2.66. The van der Waals surface area contributed by atoms with Crippen LogP contribution >= 0.6 is 24.0 Å². The summed E-state index contributed by atoms with van der Waals surface area (Å²) >= 11 is 6.18. The Morgan fingerprint density at radius 2 is 1.79 bits per heavy atom. The van der Waals surface area contributed by atoms with E-state index >= 15 is 0 Å². The maximum atomic E-state index is 11.9. The van der Waals surface area contributed by atoms with Crippen LogP contribution in [-0.2, 0) is 9.59 Å². The van der Waals surface area contributed by atoms with Gasteiger partial charge in [-0.05, 0) is 24.4 Å². The van der Waals surface area contributed by atoms with Gasteiger partial charge in [0.2, 0.25) is 0 Å². The summed E-state index contributed by atoms with van der Waals surface area (Å²) in [6.07, 6.45) is 0. The molecule has 0 radical (unpaired) electrons. The molecular formula is C12H9N3O2S2. The first kappa shape index (κ1) is 12.2. The smallest absolute Gasteiger partial charge is 0.265 e. The summed E-state index contributed by atoms with van der Waals surface area (Å²) in [5.74, 6) is -0.924. The minimum Gasteiger partial charge on any atom is -0.337 e. The van der Waals surface area contributed by atoms with Gasteiger partial charge in [-0.15, -0.1) is 0 Å². The molecule has 96 valence electrons. The van der Waals surface area contributed by atoms with Crippen LogP contribution in [0.25, 0.3) is 0 Å². The Morgan fingerprint density at radius 1 is 1.16 bits per heavy atom. The van der Waals surface area contributed by atoms with Crippen LogP contribution in [0.4, 0.5) is 5.69 Å². The van der Waals surface area contributed by atoms with Gasteiger partial charge in [0.05, 0.1) is 10.7 Å². The van der Waals surface area contributed by atoms with E-state index in [1.54, 1.807) is 0 Å². The van der Waals surface area contributed by atoms with E-state index in [0.29, 0.717) is 5.03 Å². The van der Waals surface area contributed by atoms with Gasteiger partial charge in [0.25, 0.3) is 11.8 Å². The predicted octanol–water partition coefficient (Wildman–Crippen LogP) is 0.971. The van der Waals surface area contributed by atoms with Crippen molar-refractivity contribution in [3.8, 4) is 0 Å². The van der Waals surface area contributed by atoms with Crippen LogP contribution in [0.5, 0.6) is 0 Å². The van der Waals surface area contributed by atoms with E-state index in [1.807, 2.05) is 36.2 Å². The molecule has 2 N–H and O–H groups in total. The molecule has 0 spiro atoms. The molecule has 0 atom stereocenters. The Morgan fingerprint density at radius 3 is 2.42 bits per heavy atom. The lowest BCUT2D eigenvalue weighted by molar-refractivity contribution is -0.123. The summed E-state index contributed by atoms with van der Waals surface area (Å²) in [4.78, 5) is 26.7. The number of carbonyl (C=O) groups excluding carboxylic acids is 2. The fourth-order valence-electron chi connectivity index (χ4n) is 1.98. The molecule has 19 heavy (non-hydrogen) atoms. The highest BCUT2D eigenvalue weighted by atomic mass is 32.2. The molecule has 0 aromatic heterocycles. The van der Waals surface area contributed by atoms with Crippen molar-refractivity contribution in [2.75, 3.05) is 11.9 Å². The first-order chi connectivity index (χ1) is 9.08. The molecule has 1 saturated heterocycles. The van der Waals surface area contributed by atoms with Gasteiger partial charge in [0, 0.05) is 11.9 Å². The third-order valence-electron chi connectivity index (χ3n) is 2.86. The standard InChI is InChI=1S/C12H9N3O2S2/c1-15-6-4-2-3-5-7(6)19-11(15)8-9(16)13-12(18)14-10(8)17/h2-5H,1H3,(H2,13,14,16,17,18). The number of hydrogen-bond donors (Lipinski definition) is 2. The van der Waals surface area contributed by atoms with Gasteiger partial charge in [0.15, 0.2) is 5.11 Å². The van der Waals surface area contributed by atoms with Crippen LogP contribution in [0.15, 0.2) is 39.8 Å². The average molecular weight is 291 g/mol. The van der Waals surface area contributed by atoms with Crippen molar-refractivity contribution in [2.45, 2.75) is 4.90 Å². The van der Waals surface area contributed by atoms with E-state index in [-0.39, 0.29) is 10.7 Å². The highest BCUT2D eigenvalue weighted by Gasteiger charge is 2.34. The van der Waals surface area contributed by atoms with Crippen molar-refractivity contribution < 1.29 is 9.59 Å². The quantitative estimate of drug-likeness (QED) is 0.424. The van der Waals surface area contributed by atoms with Crippen LogP contribution in [0.1, 0.15) is 0 Å². The summed E-state index contributed by atoms with van der Waals surface area (Å²) in [6.45, 7) is 0. The molecule has 3 rings (SSSR count). The molecule has 0 saturated carbocycles. The number of hydrogen-bond acceptors (Lipinski definition) is 5. The maximum absolute atomic E-state index is 11.9. The van der Waals surface area contributed by atoms with Gasteiger partial charge in [-0.2, -0.15) is 0 Å². The number of nitrogens with one attached hydrogen (secondary N) is 2. The molecule has 5 nitrogen and oxygen atoms in total. The van der Waals surface area contributed by atoms with Crippen molar-refractivity contribution in [3.05, 3.63) is 34.9 Å². The van der Waals surface area contributed by atoms with E-state index in [9.17, 15) is 9.59 Å². The predicted molar refractivity (Wildman–Crippen MR) is 76.6 cm³/mol. The van der Waals surface area contributed by atoms with Crippen LogP contribution in [-0.4, -0.2) is 24.0 Å². The molecule has 1 aromatic carbocycles. The number of thiocarbonyl (C=S) groups is 1. The van der Waals surface area contributed by atoms with E-state index in [4.69, 9.17) is 12.2 Å². The summed E-state index contributed by atoms with van der Waals surface area (Å²) in [7, 11) is 1.83. The van der Waals surface area contributed by atoms with Gasteiger partial charge < -0.3 is 4.90 Å². The molecule has 2 amide bonds. The van der Waals surface area contributed by atoms with Crippen molar-refractivity contribution in [3.63, 3.8) is 0 Å². The van der Waals surface area contributed by atoms with Crippen LogP contribution < -0.4 is 15.5 Å². The lowest BCUT2D eigenvalue weighted by Gasteiger charge is -2.21. The third-order valence-corrected chi connectivity index (χ3v) is 4.30. The number of benzene rings is 1. The number of carbonyl (C=O) groups is 2. The lowest BCUT2D eigenvalue weighted by Crippen LogP contribution is -2.52.